The smallest absolute Gasteiger partial charge is 0.168 e. The van der Waals surface area contributed by atoms with E-state index in [0.717, 1.165) is 32.5 Å². The lowest BCUT2D eigenvalue weighted by Crippen LogP contribution is -2.59. The molecule has 0 bridgehead atoms. The van der Waals surface area contributed by atoms with Crippen LogP contribution in [0, 0.1) is 0 Å². The summed E-state index contributed by atoms with van der Waals surface area (Å²) < 4.78 is 23.6. The lowest BCUT2D eigenvalue weighted by Gasteiger charge is -2.32. The van der Waals surface area contributed by atoms with Gasteiger partial charge < -0.3 is 5.32 Å². The summed E-state index contributed by atoms with van der Waals surface area (Å²) in [4.78, 5) is -0.767. The van der Waals surface area contributed by atoms with E-state index in [9.17, 15) is 8.42 Å². The van der Waals surface area contributed by atoms with Gasteiger partial charge in [0, 0.05) is 25.9 Å². The number of hydrazine groups is 1. The Morgan fingerprint density at radius 1 is 1.33 bits per heavy atom. The van der Waals surface area contributed by atoms with Crippen LogP contribution in [0.2, 0.25) is 0 Å². The molecule has 2 aliphatic rings. The predicted octanol–water partition coefficient (Wildman–Crippen LogP) is -0.679. The van der Waals surface area contributed by atoms with Crippen molar-refractivity contribution < 1.29 is 8.42 Å². The fraction of sp³-hybridized carbons (Fsp3) is 1.00. The second-order valence-corrected chi connectivity index (χ2v) is 6.82. The quantitative estimate of drug-likeness (QED) is 0.676. The van der Waals surface area contributed by atoms with Crippen molar-refractivity contribution in [2.75, 3.05) is 32.4 Å². The molecule has 6 heteroatoms. The lowest BCUT2D eigenvalue weighted by atomic mass is 10.3. The number of nitrogens with zero attached hydrogens (tertiary/aromatic N) is 1. The van der Waals surface area contributed by atoms with Gasteiger partial charge in [-0.25, -0.2) is 18.9 Å². The first-order valence-corrected chi connectivity index (χ1v) is 7.36. The van der Waals surface area contributed by atoms with Crippen LogP contribution in [0.25, 0.3) is 0 Å². The average molecular weight is 233 g/mol. The minimum atomic E-state index is -3.07. The van der Waals surface area contributed by atoms with E-state index in [-0.39, 0.29) is 0 Å². The number of nitrogens with one attached hydrogen (secondary N) is 2. The number of hydrogen-bond acceptors (Lipinski definition) is 5. The molecule has 2 saturated heterocycles. The summed E-state index contributed by atoms with van der Waals surface area (Å²) in [6.07, 6.45) is 4.28. The molecule has 1 unspecified atom stereocenters. The van der Waals surface area contributed by atoms with E-state index < -0.39 is 14.7 Å². The third-order valence-corrected chi connectivity index (χ3v) is 5.15. The van der Waals surface area contributed by atoms with E-state index in [1.165, 1.54) is 6.26 Å². The monoisotopic (exact) mass is 233 g/mol. The zero-order chi connectivity index (χ0) is 10.9. The molecule has 1 atom stereocenters. The van der Waals surface area contributed by atoms with Crippen LogP contribution >= 0.6 is 0 Å². The summed E-state index contributed by atoms with van der Waals surface area (Å²) in [6, 6.07) is 0. The maximum atomic E-state index is 11.8. The van der Waals surface area contributed by atoms with Crippen LogP contribution in [0.5, 0.6) is 0 Å². The van der Waals surface area contributed by atoms with Crippen LogP contribution in [0.3, 0.4) is 0 Å². The standard InChI is InChI=1S/C9H19N3O2S/c1-15(13,14)9(4-5-10-8-9)11-12-6-2-3-7-12/h10-11H,2-8H2,1H3. The second kappa shape index (κ2) is 4.01. The van der Waals surface area contributed by atoms with Crippen molar-refractivity contribution in [3.05, 3.63) is 0 Å². The Bertz CT molecular complexity index is 316. The van der Waals surface area contributed by atoms with E-state index in [1.807, 2.05) is 5.01 Å². The van der Waals surface area contributed by atoms with Crippen molar-refractivity contribution in [1.29, 1.82) is 0 Å². The summed E-state index contributed by atoms with van der Waals surface area (Å²) in [5, 5.41) is 5.17. The van der Waals surface area contributed by atoms with Gasteiger partial charge in [0.25, 0.3) is 0 Å². The normalized spacial score (nSPS) is 33.7. The predicted molar refractivity (Wildman–Crippen MR) is 59.0 cm³/mol. The largest absolute Gasteiger partial charge is 0.314 e. The van der Waals surface area contributed by atoms with Gasteiger partial charge in [0.05, 0.1) is 0 Å². The molecule has 0 aromatic heterocycles. The van der Waals surface area contributed by atoms with Gasteiger partial charge in [0.1, 0.15) is 4.87 Å². The molecule has 2 rings (SSSR count). The van der Waals surface area contributed by atoms with Gasteiger partial charge >= 0.3 is 0 Å². The highest BCUT2D eigenvalue weighted by Crippen LogP contribution is 2.23. The van der Waals surface area contributed by atoms with Crippen molar-refractivity contribution in [2.45, 2.75) is 24.1 Å². The first-order valence-electron chi connectivity index (χ1n) is 5.47. The molecule has 5 nitrogen and oxygen atoms in total. The second-order valence-electron chi connectivity index (χ2n) is 4.50. The van der Waals surface area contributed by atoms with Crippen LogP contribution < -0.4 is 10.7 Å². The number of rotatable bonds is 3. The summed E-state index contributed by atoms with van der Waals surface area (Å²) >= 11 is 0. The molecule has 2 heterocycles. The molecular formula is C9H19N3O2S. The lowest BCUT2D eigenvalue weighted by molar-refractivity contribution is 0.182. The molecule has 88 valence electrons. The van der Waals surface area contributed by atoms with Crippen LogP contribution in [0.4, 0.5) is 0 Å². The fourth-order valence-corrected chi connectivity index (χ4v) is 3.41. The van der Waals surface area contributed by atoms with Gasteiger partial charge in [-0.1, -0.05) is 0 Å². The molecule has 0 aliphatic carbocycles. The summed E-state index contributed by atoms with van der Waals surface area (Å²) in [5.41, 5.74) is 3.21. The van der Waals surface area contributed by atoms with Crippen molar-refractivity contribution in [1.82, 2.24) is 15.8 Å². The van der Waals surface area contributed by atoms with Gasteiger partial charge in [-0.2, -0.15) is 0 Å². The van der Waals surface area contributed by atoms with Crippen molar-refractivity contribution in [2.24, 2.45) is 0 Å². The minimum Gasteiger partial charge on any atom is -0.314 e. The molecule has 15 heavy (non-hydrogen) atoms. The van der Waals surface area contributed by atoms with Gasteiger partial charge in [0.15, 0.2) is 9.84 Å². The zero-order valence-electron chi connectivity index (χ0n) is 9.12. The van der Waals surface area contributed by atoms with Gasteiger partial charge in [0.2, 0.25) is 0 Å². The SMILES string of the molecule is CS(=O)(=O)C1(NN2CCCC2)CCNC1. The van der Waals surface area contributed by atoms with E-state index >= 15 is 0 Å². The summed E-state index contributed by atoms with van der Waals surface area (Å²) in [5.74, 6) is 0. The Hall–Kier alpha value is -0.170. The van der Waals surface area contributed by atoms with Crippen LogP contribution in [-0.2, 0) is 9.84 Å². The Balaban J connectivity index is 2.12. The van der Waals surface area contributed by atoms with E-state index in [0.29, 0.717) is 13.0 Å². The van der Waals surface area contributed by atoms with E-state index in [1.54, 1.807) is 0 Å². The van der Waals surface area contributed by atoms with Gasteiger partial charge in [-0.3, -0.25) is 0 Å². The first kappa shape index (κ1) is 11.3. The highest BCUT2D eigenvalue weighted by Gasteiger charge is 2.44. The van der Waals surface area contributed by atoms with Crippen molar-refractivity contribution >= 4 is 9.84 Å². The Morgan fingerprint density at radius 2 is 2.00 bits per heavy atom. The first-order chi connectivity index (χ1) is 7.04. The molecule has 2 fully saturated rings. The van der Waals surface area contributed by atoms with Crippen LogP contribution in [0.1, 0.15) is 19.3 Å². The summed E-state index contributed by atoms with van der Waals surface area (Å²) in [7, 11) is -3.07. The highest BCUT2D eigenvalue weighted by atomic mass is 32.2. The van der Waals surface area contributed by atoms with Crippen molar-refractivity contribution in [3.8, 4) is 0 Å². The molecule has 0 aromatic rings. The molecule has 2 N–H and O–H groups in total. The average Bonchev–Trinajstić information content (AvgIpc) is 2.74. The molecule has 0 amide bonds. The van der Waals surface area contributed by atoms with Gasteiger partial charge in [-0.05, 0) is 25.8 Å². The van der Waals surface area contributed by atoms with Crippen molar-refractivity contribution in [3.63, 3.8) is 0 Å². The van der Waals surface area contributed by atoms with Crippen LogP contribution in [0.15, 0.2) is 0 Å². The van der Waals surface area contributed by atoms with Crippen LogP contribution in [-0.4, -0.2) is 50.7 Å². The van der Waals surface area contributed by atoms with Gasteiger partial charge in [-0.15, -0.1) is 0 Å². The fourth-order valence-electron chi connectivity index (χ4n) is 2.28. The Morgan fingerprint density at radius 3 is 2.47 bits per heavy atom. The molecular weight excluding hydrogens is 214 g/mol. The molecule has 0 radical (unpaired) electrons. The number of sulfone groups is 1. The third-order valence-electron chi connectivity index (χ3n) is 3.29. The molecule has 0 saturated carbocycles. The highest BCUT2D eigenvalue weighted by molar-refractivity contribution is 7.92. The molecule has 0 aromatic carbocycles. The van der Waals surface area contributed by atoms with E-state index in [2.05, 4.69) is 10.7 Å². The number of hydrogen-bond donors (Lipinski definition) is 2. The van der Waals surface area contributed by atoms with E-state index in [4.69, 9.17) is 0 Å². The maximum absolute atomic E-state index is 11.8. The Labute approximate surface area is 91.1 Å². The summed E-state index contributed by atoms with van der Waals surface area (Å²) in [6.45, 7) is 3.20. The zero-order valence-corrected chi connectivity index (χ0v) is 9.94. The topological polar surface area (TPSA) is 61.4 Å². The molecule has 2 aliphatic heterocycles. The Kier molecular flexibility index (Phi) is 3.03. The maximum Gasteiger partial charge on any atom is 0.168 e. The third kappa shape index (κ3) is 2.18. The minimum absolute atomic E-state index is 0.516. The molecule has 0 spiro atoms.